The Morgan fingerprint density at radius 1 is 0.917 bits per heavy atom. The molecule has 4 rings (SSSR count). The monoisotopic (exact) mass is 505 g/mol. The van der Waals surface area contributed by atoms with Crippen molar-refractivity contribution in [2.24, 2.45) is 5.41 Å². The lowest BCUT2D eigenvalue weighted by Gasteiger charge is -2.32. The first-order chi connectivity index (χ1) is 17.3. The molecular formula is C28H28ClN3O4. The standard InChI is InChI=1S/C28H28ClN3O4/c1-3-4-17-28(25(19-30(35)36)24-16-15-21(29)18-20(24)2)26(33)31(22-11-7-5-8-12-22)32(27(28)34)23-13-9-6-10-14-23/h5-16,18,25H,3-4,17,19H2,1-2H3. The van der Waals surface area contributed by atoms with Crippen LogP contribution < -0.4 is 10.0 Å². The zero-order valence-corrected chi connectivity index (χ0v) is 21.0. The summed E-state index contributed by atoms with van der Waals surface area (Å²) in [6.45, 7) is 3.21. The molecule has 1 fully saturated rings. The SMILES string of the molecule is CCCCC1(C(C[N+](=O)[O-])c2ccc(Cl)cc2C)C(=O)N(c2ccccc2)N(c2ccccc2)C1=O. The fraction of sp³-hybridized carbons (Fsp3) is 0.286. The predicted molar refractivity (Wildman–Crippen MR) is 141 cm³/mol. The summed E-state index contributed by atoms with van der Waals surface area (Å²) in [6, 6.07) is 22.9. The minimum absolute atomic E-state index is 0.189. The topological polar surface area (TPSA) is 83.8 Å². The lowest BCUT2D eigenvalue weighted by Crippen LogP contribution is -2.45. The molecule has 186 valence electrons. The van der Waals surface area contributed by atoms with Gasteiger partial charge in [0.05, 0.1) is 17.3 Å². The summed E-state index contributed by atoms with van der Waals surface area (Å²) in [6.07, 6.45) is 1.47. The van der Waals surface area contributed by atoms with Crippen molar-refractivity contribution in [3.63, 3.8) is 0 Å². The van der Waals surface area contributed by atoms with Crippen molar-refractivity contribution < 1.29 is 14.5 Å². The number of para-hydroxylation sites is 2. The molecule has 0 aromatic heterocycles. The van der Waals surface area contributed by atoms with Crippen LogP contribution in [-0.2, 0) is 9.59 Å². The van der Waals surface area contributed by atoms with Crippen LogP contribution in [0.2, 0.25) is 5.02 Å². The van der Waals surface area contributed by atoms with Gasteiger partial charge in [-0.3, -0.25) is 19.7 Å². The fourth-order valence-electron chi connectivity index (χ4n) is 5.10. The second-order valence-corrected chi connectivity index (χ2v) is 9.49. The van der Waals surface area contributed by atoms with Gasteiger partial charge in [-0.05, 0) is 60.9 Å². The highest BCUT2D eigenvalue weighted by atomic mass is 35.5. The van der Waals surface area contributed by atoms with Gasteiger partial charge in [-0.15, -0.1) is 0 Å². The summed E-state index contributed by atoms with van der Waals surface area (Å²) in [5.41, 5.74) is 0.663. The number of hydrogen-bond acceptors (Lipinski definition) is 4. The summed E-state index contributed by atoms with van der Waals surface area (Å²) in [5.74, 6) is -1.90. The number of nitro groups is 1. The van der Waals surface area contributed by atoms with E-state index in [1.807, 2.05) is 19.1 Å². The lowest BCUT2D eigenvalue weighted by molar-refractivity contribution is -0.485. The van der Waals surface area contributed by atoms with E-state index in [0.717, 1.165) is 6.42 Å². The molecule has 0 spiro atoms. The van der Waals surface area contributed by atoms with Crippen molar-refractivity contribution in [3.05, 3.63) is 105 Å². The van der Waals surface area contributed by atoms with E-state index in [1.165, 1.54) is 10.0 Å². The fourth-order valence-corrected chi connectivity index (χ4v) is 5.32. The number of benzene rings is 3. The number of hydrogen-bond donors (Lipinski definition) is 0. The normalized spacial score (nSPS) is 15.9. The first kappa shape index (κ1) is 25.4. The number of hydrazine groups is 1. The molecule has 0 bridgehead atoms. The Morgan fingerprint density at radius 3 is 1.89 bits per heavy atom. The number of unbranched alkanes of at least 4 members (excludes halogenated alkanes) is 1. The van der Waals surface area contributed by atoms with Crippen LogP contribution in [0.4, 0.5) is 11.4 Å². The molecule has 0 saturated carbocycles. The molecule has 36 heavy (non-hydrogen) atoms. The molecule has 8 heteroatoms. The zero-order chi connectivity index (χ0) is 25.9. The highest BCUT2D eigenvalue weighted by molar-refractivity contribution is 6.30. The van der Waals surface area contributed by atoms with Crippen LogP contribution in [0.25, 0.3) is 0 Å². The second kappa shape index (κ2) is 10.5. The number of nitrogens with zero attached hydrogens (tertiary/aromatic N) is 3. The summed E-state index contributed by atoms with van der Waals surface area (Å²) in [7, 11) is 0. The van der Waals surface area contributed by atoms with Crippen LogP contribution in [0.5, 0.6) is 0 Å². The van der Waals surface area contributed by atoms with Crippen molar-refractivity contribution in [2.75, 3.05) is 16.6 Å². The molecule has 0 aliphatic carbocycles. The quantitative estimate of drug-likeness (QED) is 0.197. The van der Waals surface area contributed by atoms with E-state index in [9.17, 15) is 19.7 Å². The van der Waals surface area contributed by atoms with Crippen LogP contribution in [0, 0.1) is 22.5 Å². The number of anilines is 2. The van der Waals surface area contributed by atoms with E-state index >= 15 is 0 Å². The molecule has 7 nitrogen and oxygen atoms in total. The summed E-state index contributed by atoms with van der Waals surface area (Å²) >= 11 is 6.18. The maximum absolute atomic E-state index is 14.5. The molecule has 0 radical (unpaired) electrons. The maximum Gasteiger partial charge on any atom is 0.262 e. The van der Waals surface area contributed by atoms with Gasteiger partial charge in [0.2, 0.25) is 6.54 Å². The van der Waals surface area contributed by atoms with Crippen molar-refractivity contribution >= 4 is 34.8 Å². The number of carbonyl (C=O) groups excluding carboxylic acids is 2. The lowest BCUT2D eigenvalue weighted by atomic mass is 9.67. The van der Waals surface area contributed by atoms with Crippen LogP contribution >= 0.6 is 11.6 Å². The molecule has 1 atom stereocenters. The van der Waals surface area contributed by atoms with Crippen LogP contribution in [-0.4, -0.2) is 23.3 Å². The van der Waals surface area contributed by atoms with Gasteiger partial charge in [-0.25, -0.2) is 10.0 Å². The van der Waals surface area contributed by atoms with Gasteiger partial charge in [0, 0.05) is 9.95 Å². The second-order valence-electron chi connectivity index (χ2n) is 9.05. The third-order valence-electron chi connectivity index (χ3n) is 6.81. The van der Waals surface area contributed by atoms with Gasteiger partial charge in [-0.1, -0.05) is 73.8 Å². The third kappa shape index (κ3) is 4.46. The summed E-state index contributed by atoms with van der Waals surface area (Å²) < 4.78 is 0. The van der Waals surface area contributed by atoms with Crippen LogP contribution in [0.15, 0.2) is 78.9 Å². The average Bonchev–Trinajstić information content (AvgIpc) is 3.09. The highest BCUT2D eigenvalue weighted by Gasteiger charge is 2.64. The van der Waals surface area contributed by atoms with Gasteiger partial charge in [-0.2, -0.15) is 0 Å². The first-order valence-corrected chi connectivity index (χ1v) is 12.4. The van der Waals surface area contributed by atoms with Gasteiger partial charge in [0.1, 0.15) is 5.41 Å². The van der Waals surface area contributed by atoms with Crippen molar-refractivity contribution in [3.8, 4) is 0 Å². The van der Waals surface area contributed by atoms with E-state index in [-0.39, 0.29) is 6.42 Å². The number of carbonyl (C=O) groups is 2. The molecule has 1 aliphatic rings. The van der Waals surface area contributed by atoms with Crippen molar-refractivity contribution in [1.29, 1.82) is 0 Å². The Morgan fingerprint density at radius 2 is 1.44 bits per heavy atom. The van der Waals surface area contributed by atoms with Crippen LogP contribution in [0.3, 0.4) is 0 Å². The minimum Gasteiger partial charge on any atom is -0.271 e. The first-order valence-electron chi connectivity index (χ1n) is 12.0. The number of rotatable bonds is 9. The third-order valence-corrected chi connectivity index (χ3v) is 7.04. The van der Waals surface area contributed by atoms with Crippen molar-refractivity contribution in [2.45, 2.75) is 39.0 Å². The Balaban J connectivity index is 1.99. The average molecular weight is 506 g/mol. The van der Waals surface area contributed by atoms with E-state index in [4.69, 9.17) is 11.6 Å². The summed E-state index contributed by atoms with van der Waals surface area (Å²) in [5, 5.41) is 15.2. The van der Waals surface area contributed by atoms with Crippen molar-refractivity contribution in [1.82, 2.24) is 0 Å². The van der Waals surface area contributed by atoms with E-state index in [1.54, 1.807) is 73.7 Å². The molecule has 1 aliphatic heterocycles. The van der Waals surface area contributed by atoms with Gasteiger partial charge < -0.3 is 0 Å². The Bertz CT molecular complexity index is 1210. The molecule has 3 aromatic carbocycles. The Labute approximate surface area is 215 Å². The van der Waals surface area contributed by atoms with Gasteiger partial charge >= 0.3 is 0 Å². The maximum atomic E-state index is 14.5. The summed E-state index contributed by atoms with van der Waals surface area (Å²) in [4.78, 5) is 40.6. The highest BCUT2D eigenvalue weighted by Crippen LogP contribution is 2.51. The van der Waals surface area contributed by atoms with E-state index in [0.29, 0.717) is 33.9 Å². The number of aryl methyl sites for hydroxylation is 1. The van der Waals surface area contributed by atoms with Gasteiger partial charge in [0.25, 0.3) is 11.8 Å². The molecule has 1 unspecified atom stereocenters. The molecule has 0 N–H and O–H groups in total. The Kier molecular flexibility index (Phi) is 7.40. The number of halogens is 1. The van der Waals surface area contributed by atoms with Crippen LogP contribution in [0.1, 0.15) is 43.2 Å². The molecule has 1 heterocycles. The van der Waals surface area contributed by atoms with E-state index < -0.39 is 34.6 Å². The molecule has 3 aromatic rings. The van der Waals surface area contributed by atoms with Gasteiger partial charge in [0.15, 0.2) is 0 Å². The Hall–Kier alpha value is -3.71. The molecule has 2 amide bonds. The van der Waals surface area contributed by atoms with E-state index in [2.05, 4.69) is 0 Å². The molecule has 1 saturated heterocycles. The molecular weight excluding hydrogens is 478 g/mol. The smallest absolute Gasteiger partial charge is 0.262 e. The largest absolute Gasteiger partial charge is 0.271 e. The zero-order valence-electron chi connectivity index (χ0n) is 20.3. The predicted octanol–water partition coefficient (Wildman–Crippen LogP) is 6.18. The number of amides is 2. The minimum atomic E-state index is -1.66.